The second kappa shape index (κ2) is 6.91. The maximum absolute atomic E-state index is 10.3. The van der Waals surface area contributed by atoms with E-state index < -0.39 is 0 Å². The quantitative estimate of drug-likeness (QED) is 0.450. The van der Waals surface area contributed by atoms with E-state index in [0.717, 1.165) is 11.1 Å². The van der Waals surface area contributed by atoms with Gasteiger partial charge >= 0.3 is 0 Å². The molecule has 0 fully saturated rings. The molecule has 0 unspecified atom stereocenters. The number of carbonyl (C=O) groups excluding carboxylic acids is 2. The molecule has 0 saturated heterocycles. The van der Waals surface area contributed by atoms with Gasteiger partial charge in [-0.1, -0.05) is 24.3 Å². The standard InChI is InChI=1S/C14H16N2O2S2/c1-13(2,19-15-9-17)11-6-5-7-12(8-11)14(3,4)20-16-10-18/h5-8H,1-4H3. The van der Waals surface area contributed by atoms with Gasteiger partial charge in [0.2, 0.25) is 12.2 Å². The average molecular weight is 308 g/mol. The van der Waals surface area contributed by atoms with E-state index in [1.807, 2.05) is 52.0 Å². The molecule has 1 rings (SSSR count). The summed E-state index contributed by atoms with van der Waals surface area (Å²) in [5.41, 5.74) is 2.09. The number of nitrogens with zero attached hydrogens (tertiary/aromatic N) is 2. The van der Waals surface area contributed by atoms with E-state index in [0.29, 0.717) is 0 Å². The van der Waals surface area contributed by atoms with Crippen molar-refractivity contribution in [1.29, 1.82) is 0 Å². The molecule has 106 valence electrons. The first kappa shape index (κ1) is 16.7. The lowest BCUT2D eigenvalue weighted by Gasteiger charge is -2.25. The minimum Gasteiger partial charge on any atom is -0.210 e. The van der Waals surface area contributed by atoms with Crippen molar-refractivity contribution < 1.29 is 9.59 Å². The highest BCUT2D eigenvalue weighted by molar-refractivity contribution is 7.99. The molecule has 0 atom stereocenters. The van der Waals surface area contributed by atoms with Crippen molar-refractivity contribution in [3.05, 3.63) is 35.4 Å². The molecule has 0 aliphatic carbocycles. The molecule has 0 amide bonds. The highest BCUT2D eigenvalue weighted by Gasteiger charge is 2.26. The smallest absolute Gasteiger partial charge is 0.210 e. The molecule has 0 saturated carbocycles. The summed E-state index contributed by atoms with van der Waals surface area (Å²) in [5.74, 6) is 0. The Morgan fingerprint density at radius 3 is 1.65 bits per heavy atom. The maximum Gasteiger partial charge on any atom is 0.247 e. The Balaban J connectivity index is 3.12. The van der Waals surface area contributed by atoms with Gasteiger partial charge in [-0.15, -0.1) is 8.80 Å². The summed E-state index contributed by atoms with van der Waals surface area (Å²) in [7, 11) is 0. The van der Waals surface area contributed by atoms with Gasteiger partial charge in [0.25, 0.3) is 0 Å². The Hall–Kier alpha value is -1.32. The molecule has 0 aliphatic rings. The Kier molecular flexibility index (Phi) is 5.78. The van der Waals surface area contributed by atoms with E-state index in [4.69, 9.17) is 0 Å². The van der Waals surface area contributed by atoms with Crippen LogP contribution < -0.4 is 0 Å². The molecule has 4 nitrogen and oxygen atoms in total. The number of benzene rings is 1. The van der Waals surface area contributed by atoms with E-state index >= 15 is 0 Å². The topological polar surface area (TPSA) is 58.9 Å². The minimum atomic E-state index is -0.331. The van der Waals surface area contributed by atoms with Gasteiger partial charge in [-0.05, 0) is 62.7 Å². The Labute approximate surface area is 127 Å². The van der Waals surface area contributed by atoms with Crippen LogP contribution in [0.25, 0.3) is 0 Å². The maximum atomic E-state index is 10.3. The van der Waals surface area contributed by atoms with Gasteiger partial charge in [-0.3, -0.25) is 0 Å². The van der Waals surface area contributed by atoms with Crippen molar-refractivity contribution in [1.82, 2.24) is 0 Å². The lowest BCUT2D eigenvalue weighted by molar-refractivity contribution is 0.565. The molecular weight excluding hydrogens is 292 g/mol. The highest BCUT2D eigenvalue weighted by Crippen LogP contribution is 2.40. The van der Waals surface area contributed by atoms with E-state index in [1.54, 1.807) is 12.2 Å². The number of hydrogen-bond acceptors (Lipinski definition) is 6. The molecule has 0 N–H and O–H groups in total. The zero-order valence-electron chi connectivity index (χ0n) is 11.8. The number of isocyanates is 2. The molecule has 20 heavy (non-hydrogen) atoms. The summed E-state index contributed by atoms with van der Waals surface area (Å²) in [5, 5.41) is 0. The minimum absolute atomic E-state index is 0.331. The Morgan fingerprint density at radius 2 is 1.30 bits per heavy atom. The fraction of sp³-hybridized carbons (Fsp3) is 0.429. The molecule has 0 aromatic heterocycles. The lowest BCUT2D eigenvalue weighted by Crippen LogP contribution is -2.15. The van der Waals surface area contributed by atoms with Crippen LogP contribution in [-0.4, -0.2) is 12.2 Å². The fourth-order valence-corrected chi connectivity index (χ4v) is 2.63. The molecule has 0 bridgehead atoms. The van der Waals surface area contributed by atoms with Crippen molar-refractivity contribution in [3.63, 3.8) is 0 Å². The van der Waals surface area contributed by atoms with Gasteiger partial charge in [0, 0.05) is 0 Å². The summed E-state index contributed by atoms with van der Waals surface area (Å²) in [4.78, 5) is 20.5. The average Bonchev–Trinajstić information content (AvgIpc) is 2.43. The van der Waals surface area contributed by atoms with Crippen molar-refractivity contribution in [2.45, 2.75) is 37.2 Å². The molecule has 6 heteroatoms. The van der Waals surface area contributed by atoms with E-state index in [9.17, 15) is 9.59 Å². The monoisotopic (exact) mass is 308 g/mol. The molecule has 0 aliphatic heterocycles. The van der Waals surface area contributed by atoms with Crippen LogP contribution >= 0.6 is 23.9 Å². The summed E-state index contributed by atoms with van der Waals surface area (Å²) in [6.45, 7) is 7.95. The van der Waals surface area contributed by atoms with Gasteiger partial charge in [-0.2, -0.15) is 0 Å². The van der Waals surface area contributed by atoms with Crippen LogP contribution in [0.2, 0.25) is 0 Å². The zero-order chi connectivity index (χ0) is 15.2. The predicted octanol–water partition coefficient (Wildman–Crippen LogP) is 4.12. The Bertz CT molecular complexity index is 525. The largest absolute Gasteiger partial charge is 0.247 e. The van der Waals surface area contributed by atoms with Gasteiger partial charge in [0.15, 0.2) is 0 Å². The third-order valence-corrected chi connectivity index (χ3v) is 4.59. The first-order valence-corrected chi connectivity index (χ1v) is 7.50. The van der Waals surface area contributed by atoms with Crippen molar-refractivity contribution in [2.75, 3.05) is 0 Å². The summed E-state index contributed by atoms with van der Waals surface area (Å²) in [6, 6.07) is 7.96. The van der Waals surface area contributed by atoms with E-state index in [-0.39, 0.29) is 9.49 Å². The van der Waals surface area contributed by atoms with Crippen LogP contribution in [0.4, 0.5) is 0 Å². The number of hydrogen-bond donors (Lipinski definition) is 0. The summed E-state index contributed by atoms with van der Waals surface area (Å²) in [6.07, 6.45) is 3.08. The molecule has 0 spiro atoms. The van der Waals surface area contributed by atoms with Crippen LogP contribution in [0.5, 0.6) is 0 Å². The van der Waals surface area contributed by atoms with Crippen LogP contribution in [-0.2, 0) is 19.1 Å². The van der Waals surface area contributed by atoms with Gasteiger partial charge in [0.05, 0.1) is 9.49 Å². The number of rotatable bonds is 6. The normalized spacial score (nSPS) is 11.4. The lowest BCUT2D eigenvalue weighted by atomic mass is 9.95. The van der Waals surface area contributed by atoms with Gasteiger partial charge in [0.1, 0.15) is 0 Å². The van der Waals surface area contributed by atoms with E-state index in [2.05, 4.69) is 8.80 Å². The van der Waals surface area contributed by atoms with Crippen molar-refractivity contribution in [3.8, 4) is 0 Å². The predicted molar refractivity (Wildman–Crippen MR) is 83.9 cm³/mol. The molecule has 0 heterocycles. The molecular formula is C14H16N2O2S2. The molecule has 1 aromatic rings. The summed E-state index contributed by atoms with van der Waals surface area (Å²) >= 11 is 2.36. The first-order chi connectivity index (χ1) is 9.33. The third-order valence-electron chi connectivity index (χ3n) is 2.88. The molecule has 0 radical (unpaired) electrons. The summed E-state index contributed by atoms with van der Waals surface area (Å²) < 4.78 is 6.53. The Morgan fingerprint density at radius 1 is 0.900 bits per heavy atom. The van der Waals surface area contributed by atoms with Crippen molar-refractivity contribution in [2.24, 2.45) is 8.80 Å². The van der Waals surface area contributed by atoms with Gasteiger partial charge < -0.3 is 0 Å². The SMILES string of the molecule is CC(C)(SN=C=O)c1cccc(C(C)(C)SN=C=O)c1. The highest BCUT2D eigenvalue weighted by atomic mass is 32.2. The van der Waals surface area contributed by atoms with Gasteiger partial charge in [-0.25, -0.2) is 9.59 Å². The van der Waals surface area contributed by atoms with Crippen LogP contribution in [0.15, 0.2) is 33.1 Å². The third kappa shape index (κ3) is 4.36. The van der Waals surface area contributed by atoms with Crippen LogP contribution in [0.3, 0.4) is 0 Å². The second-order valence-corrected chi connectivity index (χ2v) is 7.92. The fourth-order valence-electron chi connectivity index (χ4n) is 1.64. The second-order valence-electron chi connectivity index (χ2n) is 5.15. The zero-order valence-corrected chi connectivity index (χ0v) is 13.5. The van der Waals surface area contributed by atoms with E-state index in [1.165, 1.54) is 23.9 Å². The van der Waals surface area contributed by atoms with Crippen LogP contribution in [0, 0.1) is 0 Å². The van der Waals surface area contributed by atoms with Crippen molar-refractivity contribution >= 4 is 36.1 Å². The van der Waals surface area contributed by atoms with Crippen LogP contribution in [0.1, 0.15) is 38.8 Å². The molecule has 1 aromatic carbocycles. The first-order valence-electron chi connectivity index (χ1n) is 5.95.